The maximum absolute atomic E-state index is 14.2. The number of nitro benzene ring substituents is 1. The number of nitro groups is 1. The first-order valence-corrected chi connectivity index (χ1v) is 13.0. The molecule has 2 N–H and O–H groups in total. The van der Waals surface area contributed by atoms with Crippen LogP contribution < -0.4 is 20.4 Å². The lowest BCUT2D eigenvalue weighted by Crippen LogP contribution is -2.47. The van der Waals surface area contributed by atoms with Crippen LogP contribution in [0, 0.1) is 39.2 Å². The normalized spacial score (nSPS) is 13.1. The molecule has 1 aromatic heterocycles. The molecule has 43 heavy (non-hydrogen) atoms. The summed E-state index contributed by atoms with van der Waals surface area (Å²) in [6, 6.07) is 15.5. The van der Waals surface area contributed by atoms with E-state index in [1.807, 2.05) is 4.90 Å². The van der Waals surface area contributed by atoms with Crippen LogP contribution in [0.2, 0.25) is 0 Å². The third kappa shape index (κ3) is 5.97. The molecule has 1 aliphatic heterocycles. The average molecular weight is 618 g/mol. The number of anilines is 3. The molecule has 0 unspecified atom stereocenters. The van der Waals surface area contributed by atoms with Crippen LogP contribution in [-0.4, -0.2) is 42.1 Å². The summed E-state index contributed by atoms with van der Waals surface area (Å²) in [5.74, 6) is -10.5. The Hall–Kier alpha value is -5.05. The Morgan fingerprint density at radius 3 is 2.02 bits per heavy atom. The Labute approximate surface area is 245 Å². The van der Waals surface area contributed by atoms with Crippen LogP contribution in [0.4, 0.5) is 44.7 Å². The first-order valence-electron chi connectivity index (χ1n) is 12.6. The van der Waals surface area contributed by atoms with E-state index in [0.29, 0.717) is 5.69 Å². The predicted molar refractivity (Wildman–Crippen MR) is 152 cm³/mol. The van der Waals surface area contributed by atoms with Crippen molar-refractivity contribution in [1.29, 1.82) is 0 Å². The topological polar surface area (TPSA) is 104 Å². The zero-order valence-electron chi connectivity index (χ0n) is 21.9. The van der Waals surface area contributed by atoms with Crippen molar-refractivity contribution in [1.82, 2.24) is 5.32 Å². The van der Waals surface area contributed by atoms with Gasteiger partial charge in [0.25, 0.3) is 11.6 Å². The molecular formula is C28H20F5N5O4S. The molecule has 9 nitrogen and oxygen atoms in total. The Balaban J connectivity index is 1.17. The van der Waals surface area contributed by atoms with Crippen molar-refractivity contribution in [3.8, 4) is 11.3 Å². The van der Waals surface area contributed by atoms with E-state index in [1.54, 1.807) is 30.3 Å². The zero-order chi connectivity index (χ0) is 30.8. The summed E-state index contributed by atoms with van der Waals surface area (Å²) in [7, 11) is 0. The van der Waals surface area contributed by atoms with Crippen molar-refractivity contribution in [2.24, 2.45) is 0 Å². The van der Waals surface area contributed by atoms with Gasteiger partial charge in [-0.1, -0.05) is 12.1 Å². The summed E-state index contributed by atoms with van der Waals surface area (Å²) < 4.78 is 74.5. The molecule has 1 aliphatic rings. The van der Waals surface area contributed by atoms with E-state index in [0.717, 1.165) is 10.6 Å². The smallest absolute Gasteiger partial charge is 0.293 e. The van der Waals surface area contributed by atoms with Crippen molar-refractivity contribution < 1.29 is 36.1 Å². The third-order valence-corrected chi connectivity index (χ3v) is 6.90. The van der Waals surface area contributed by atoms with Crippen LogP contribution in [-0.2, 0) is 0 Å². The van der Waals surface area contributed by atoms with Gasteiger partial charge in [0.15, 0.2) is 34.1 Å². The van der Waals surface area contributed by atoms with Gasteiger partial charge in [-0.3, -0.25) is 20.2 Å². The molecule has 1 amide bonds. The van der Waals surface area contributed by atoms with Crippen molar-refractivity contribution in [2.75, 3.05) is 41.3 Å². The molecule has 5 rings (SSSR count). The standard InChI is InChI=1S/C28H20F5N5O4S/c29-21-22(30)24(32)26(25(33)23(21)31)37-13-11-36(12-14-37)16-7-5-15(6-8-16)34-28(43)35-27(39)20-10-9-19(42-20)17-3-1-2-4-18(17)38(40)41/h1-10H,11-14H2,(H2,34,35,39,43). The van der Waals surface area contributed by atoms with Crippen LogP contribution in [0.15, 0.2) is 65.1 Å². The molecule has 0 bridgehead atoms. The Morgan fingerprint density at radius 2 is 1.40 bits per heavy atom. The molecule has 222 valence electrons. The minimum Gasteiger partial charge on any atom is -0.451 e. The number of halogens is 5. The first kappa shape index (κ1) is 29.4. The van der Waals surface area contributed by atoms with Gasteiger partial charge in [-0.15, -0.1) is 0 Å². The Kier molecular flexibility index (Phi) is 8.25. The minimum absolute atomic E-state index is 0.0145. The summed E-state index contributed by atoms with van der Waals surface area (Å²) in [6.07, 6.45) is 0. The molecule has 1 fully saturated rings. The van der Waals surface area contributed by atoms with E-state index < -0.39 is 45.6 Å². The summed E-state index contributed by atoms with van der Waals surface area (Å²) >= 11 is 5.20. The molecule has 3 aromatic carbocycles. The second-order valence-corrected chi connectivity index (χ2v) is 9.69. The fraction of sp³-hybridized carbons (Fsp3) is 0.143. The van der Waals surface area contributed by atoms with E-state index in [9.17, 15) is 36.9 Å². The molecule has 1 saturated heterocycles. The molecule has 0 radical (unpaired) electrons. The monoisotopic (exact) mass is 617 g/mol. The molecule has 0 aliphatic carbocycles. The van der Waals surface area contributed by atoms with Crippen LogP contribution in [0.1, 0.15) is 10.6 Å². The van der Waals surface area contributed by atoms with Gasteiger partial charge in [-0.25, -0.2) is 22.0 Å². The second kappa shape index (κ2) is 12.1. The summed E-state index contributed by atoms with van der Waals surface area (Å²) in [6.45, 7) is 0.525. The highest BCUT2D eigenvalue weighted by atomic mass is 32.1. The van der Waals surface area contributed by atoms with Crippen molar-refractivity contribution in [2.45, 2.75) is 0 Å². The van der Waals surface area contributed by atoms with Crippen LogP contribution in [0.25, 0.3) is 11.3 Å². The molecule has 15 heteroatoms. The average Bonchev–Trinajstić information content (AvgIpc) is 3.50. The van der Waals surface area contributed by atoms with E-state index in [1.165, 1.54) is 30.3 Å². The number of para-hydroxylation sites is 1. The molecule has 2 heterocycles. The zero-order valence-corrected chi connectivity index (χ0v) is 22.7. The SMILES string of the molecule is O=C(NC(=S)Nc1ccc(N2CCN(c3c(F)c(F)c(F)c(F)c3F)CC2)cc1)c1ccc(-c2ccccc2[N+](=O)[O-])o1. The Bertz CT molecular complexity index is 1700. The number of amides is 1. The van der Waals surface area contributed by atoms with Gasteiger partial charge >= 0.3 is 0 Å². The van der Waals surface area contributed by atoms with Gasteiger partial charge in [-0.2, -0.15) is 0 Å². The quantitative estimate of drug-likeness (QED) is 0.0678. The van der Waals surface area contributed by atoms with E-state index in [4.69, 9.17) is 16.6 Å². The number of benzene rings is 3. The number of carbonyl (C=O) groups is 1. The summed E-state index contributed by atoms with van der Waals surface area (Å²) in [4.78, 5) is 26.3. The lowest BCUT2D eigenvalue weighted by atomic mass is 10.1. The maximum Gasteiger partial charge on any atom is 0.293 e. The maximum atomic E-state index is 14.2. The van der Waals surface area contributed by atoms with E-state index in [2.05, 4.69) is 10.6 Å². The van der Waals surface area contributed by atoms with Gasteiger partial charge in [-0.05, 0) is 54.7 Å². The lowest BCUT2D eigenvalue weighted by Gasteiger charge is -2.37. The number of nitrogens with zero attached hydrogens (tertiary/aromatic N) is 3. The number of nitrogens with one attached hydrogen (secondary N) is 2. The second-order valence-electron chi connectivity index (χ2n) is 9.29. The molecule has 0 saturated carbocycles. The highest BCUT2D eigenvalue weighted by Gasteiger charge is 2.31. The number of carbonyl (C=O) groups excluding carboxylic acids is 1. The van der Waals surface area contributed by atoms with Crippen LogP contribution in [0.5, 0.6) is 0 Å². The summed E-state index contributed by atoms with van der Waals surface area (Å²) in [5.41, 5.74) is 0.349. The number of furan rings is 1. The Morgan fingerprint density at radius 1 is 0.814 bits per heavy atom. The lowest BCUT2D eigenvalue weighted by molar-refractivity contribution is -0.384. The first-order chi connectivity index (χ1) is 20.5. The van der Waals surface area contributed by atoms with Crippen molar-refractivity contribution in [3.63, 3.8) is 0 Å². The van der Waals surface area contributed by atoms with Gasteiger partial charge in [0.2, 0.25) is 5.82 Å². The number of rotatable bonds is 6. The number of hydrogen-bond donors (Lipinski definition) is 2. The number of piperazine rings is 1. The molecular weight excluding hydrogens is 597 g/mol. The third-order valence-electron chi connectivity index (χ3n) is 6.70. The van der Waals surface area contributed by atoms with Gasteiger partial charge in [0.05, 0.1) is 10.5 Å². The van der Waals surface area contributed by atoms with Crippen LogP contribution >= 0.6 is 12.2 Å². The van der Waals surface area contributed by atoms with Gasteiger partial charge in [0, 0.05) is 43.6 Å². The van der Waals surface area contributed by atoms with E-state index in [-0.39, 0.29) is 54.1 Å². The largest absolute Gasteiger partial charge is 0.451 e. The predicted octanol–water partition coefficient (Wildman–Crippen LogP) is 6.00. The molecule has 0 spiro atoms. The number of thiocarbonyl (C=S) groups is 1. The van der Waals surface area contributed by atoms with E-state index >= 15 is 0 Å². The minimum atomic E-state index is -2.20. The highest BCUT2D eigenvalue weighted by molar-refractivity contribution is 7.80. The fourth-order valence-corrected chi connectivity index (χ4v) is 4.80. The summed E-state index contributed by atoms with van der Waals surface area (Å²) in [5, 5.41) is 16.6. The highest BCUT2D eigenvalue weighted by Crippen LogP contribution is 2.32. The van der Waals surface area contributed by atoms with Gasteiger partial charge < -0.3 is 19.5 Å². The number of hydrogen-bond acceptors (Lipinski definition) is 7. The van der Waals surface area contributed by atoms with Gasteiger partial charge in [0.1, 0.15) is 11.4 Å². The molecule has 0 atom stereocenters. The molecule has 4 aromatic rings. The van der Waals surface area contributed by atoms with Crippen LogP contribution in [0.3, 0.4) is 0 Å². The van der Waals surface area contributed by atoms with Crippen molar-refractivity contribution >= 4 is 46.0 Å². The van der Waals surface area contributed by atoms with Crippen molar-refractivity contribution in [3.05, 3.63) is 106 Å². The fourth-order valence-electron chi connectivity index (χ4n) is 4.59.